The summed E-state index contributed by atoms with van der Waals surface area (Å²) in [6.07, 6.45) is 5.70. The number of H-pyrrole nitrogens is 1. The van der Waals surface area contributed by atoms with Crippen LogP contribution in [-0.2, 0) is 11.8 Å². The molecule has 35 heavy (non-hydrogen) atoms. The Kier molecular flexibility index (Phi) is 5.86. The summed E-state index contributed by atoms with van der Waals surface area (Å²) in [6.45, 7) is 0.916. The van der Waals surface area contributed by atoms with Crippen LogP contribution in [0.25, 0.3) is 22.3 Å². The smallest absolute Gasteiger partial charge is 0.295 e. The number of methoxy groups -OCH3 is 1. The van der Waals surface area contributed by atoms with Crippen LogP contribution in [0.1, 0.15) is 33.6 Å². The molecule has 4 aromatic rings. The molecular weight excluding hydrogens is 448 g/mol. The topological polar surface area (TPSA) is 123 Å². The molecule has 5 rings (SSSR count). The molecule has 0 atom stereocenters. The lowest BCUT2D eigenvalue weighted by atomic mass is 9.91. The molecule has 1 saturated heterocycles. The SMILES string of the molecule is COc1cnc(-c2cnnn2C)c2[nH]cc(C(=O)C(=O)N3CC(CCC(=O)c4ccccc4)C3)c12. The van der Waals surface area contributed by atoms with Gasteiger partial charge in [0.2, 0.25) is 0 Å². The van der Waals surface area contributed by atoms with Crippen LogP contribution in [0.2, 0.25) is 0 Å². The van der Waals surface area contributed by atoms with Gasteiger partial charge in [0.1, 0.15) is 17.1 Å². The van der Waals surface area contributed by atoms with Gasteiger partial charge in [0.05, 0.1) is 36.0 Å². The molecule has 1 aliphatic rings. The summed E-state index contributed by atoms with van der Waals surface area (Å²) in [6, 6.07) is 9.17. The predicted molar refractivity (Wildman–Crippen MR) is 127 cm³/mol. The van der Waals surface area contributed by atoms with E-state index in [0.29, 0.717) is 59.5 Å². The first-order valence-corrected chi connectivity index (χ1v) is 11.3. The first-order valence-electron chi connectivity index (χ1n) is 11.3. The van der Waals surface area contributed by atoms with E-state index in [1.807, 2.05) is 18.2 Å². The third-order valence-corrected chi connectivity index (χ3v) is 6.41. The third-order valence-electron chi connectivity index (χ3n) is 6.41. The van der Waals surface area contributed by atoms with Gasteiger partial charge in [-0.15, -0.1) is 5.10 Å². The van der Waals surface area contributed by atoms with Crippen molar-refractivity contribution < 1.29 is 19.1 Å². The van der Waals surface area contributed by atoms with E-state index in [1.165, 1.54) is 24.4 Å². The number of aromatic amines is 1. The number of rotatable bonds is 8. The predicted octanol–water partition coefficient (Wildman–Crippen LogP) is 2.67. The van der Waals surface area contributed by atoms with Gasteiger partial charge < -0.3 is 14.6 Å². The van der Waals surface area contributed by atoms with Crippen molar-refractivity contribution in [3.63, 3.8) is 0 Å². The number of amides is 1. The first kappa shape index (κ1) is 22.5. The summed E-state index contributed by atoms with van der Waals surface area (Å²) in [4.78, 5) is 47.5. The number of pyridine rings is 1. The minimum atomic E-state index is -0.617. The molecule has 4 heterocycles. The van der Waals surface area contributed by atoms with Gasteiger partial charge in [0.15, 0.2) is 5.78 Å². The van der Waals surface area contributed by atoms with E-state index in [2.05, 4.69) is 20.3 Å². The van der Waals surface area contributed by atoms with Crippen LogP contribution in [-0.4, -0.2) is 67.5 Å². The molecule has 0 spiro atoms. The highest BCUT2D eigenvalue weighted by Crippen LogP contribution is 2.34. The maximum absolute atomic E-state index is 13.2. The van der Waals surface area contributed by atoms with Crippen LogP contribution in [0.3, 0.4) is 0 Å². The molecule has 1 aliphatic heterocycles. The zero-order valence-corrected chi connectivity index (χ0v) is 19.4. The molecule has 0 radical (unpaired) electrons. The highest BCUT2D eigenvalue weighted by molar-refractivity contribution is 6.45. The van der Waals surface area contributed by atoms with Crippen LogP contribution in [0, 0.1) is 5.92 Å². The number of Topliss-reactive ketones (excluding diaryl/α,β-unsaturated/α-hetero) is 2. The average molecular weight is 473 g/mol. The van der Waals surface area contributed by atoms with Gasteiger partial charge in [-0.1, -0.05) is 35.5 Å². The summed E-state index contributed by atoms with van der Waals surface area (Å²) >= 11 is 0. The molecular formula is C25H24N6O4. The van der Waals surface area contributed by atoms with Crippen molar-refractivity contribution in [3.8, 4) is 17.1 Å². The van der Waals surface area contributed by atoms with Crippen LogP contribution in [0.4, 0.5) is 0 Å². The zero-order chi connectivity index (χ0) is 24.5. The number of ether oxygens (including phenoxy) is 1. The van der Waals surface area contributed by atoms with E-state index in [1.54, 1.807) is 30.1 Å². The number of hydrogen-bond donors (Lipinski definition) is 1. The number of nitrogens with one attached hydrogen (secondary N) is 1. The Labute approximate surface area is 200 Å². The maximum Gasteiger partial charge on any atom is 0.295 e. The molecule has 1 N–H and O–H groups in total. The highest BCUT2D eigenvalue weighted by atomic mass is 16.5. The summed E-state index contributed by atoms with van der Waals surface area (Å²) in [5.41, 5.74) is 2.68. The molecule has 1 aromatic carbocycles. The fraction of sp³-hybridized carbons (Fsp3) is 0.280. The zero-order valence-electron chi connectivity index (χ0n) is 19.4. The van der Waals surface area contributed by atoms with Gasteiger partial charge in [-0.05, 0) is 12.3 Å². The maximum atomic E-state index is 13.2. The number of nitrogens with zero attached hydrogens (tertiary/aromatic N) is 5. The van der Waals surface area contributed by atoms with E-state index < -0.39 is 11.7 Å². The lowest BCUT2D eigenvalue weighted by Gasteiger charge is -2.38. The molecule has 1 fully saturated rings. The average Bonchev–Trinajstić information content (AvgIpc) is 3.49. The van der Waals surface area contributed by atoms with Crippen LogP contribution < -0.4 is 4.74 Å². The van der Waals surface area contributed by atoms with Gasteiger partial charge in [-0.25, -0.2) is 9.67 Å². The van der Waals surface area contributed by atoms with Crippen molar-refractivity contribution in [1.29, 1.82) is 0 Å². The number of hydrogen-bond acceptors (Lipinski definition) is 7. The second kappa shape index (κ2) is 9.13. The van der Waals surface area contributed by atoms with Gasteiger partial charge in [-0.2, -0.15) is 0 Å². The van der Waals surface area contributed by atoms with E-state index in [9.17, 15) is 14.4 Å². The summed E-state index contributed by atoms with van der Waals surface area (Å²) in [7, 11) is 3.23. The Morgan fingerprint density at radius 3 is 2.60 bits per heavy atom. The summed E-state index contributed by atoms with van der Waals surface area (Å²) < 4.78 is 7.01. The second-order valence-corrected chi connectivity index (χ2v) is 8.60. The Morgan fingerprint density at radius 1 is 1.14 bits per heavy atom. The molecule has 0 aliphatic carbocycles. The molecule has 178 valence electrons. The van der Waals surface area contributed by atoms with Crippen molar-refractivity contribution in [2.45, 2.75) is 12.8 Å². The third kappa shape index (κ3) is 4.07. The number of fused-ring (bicyclic) bond motifs is 1. The molecule has 3 aromatic heterocycles. The normalized spacial score (nSPS) is 13.6. The number of ketones is 2. The molecule has 0 unspecified atom stereocenters. The number of likely N-dealkylation sites (tertiary alicyclic amines) is 1. The molecule has 10 nitrogen and oxygen atoms in total. The van der Waals surface area contributed by atoms with Crippen LogP contribution >= 0.6 is 0 Å². The number of aromatic nitrogens is 5. The molecule has 10 heteroatoms. The standard InChI is InChI=1S/C25H24N6O4/c1-30-18(11-28-29-30)22-23-21(20(35-2)12-27-22)17(10-26-23)24(33)25(34)31-13-15(14-31)8-9-19(32)16-6-4-3-5-7-16/h3-7,10-12,15,26H,8-9,13-14H2,1-2H3. The summed E-state index contributed by atoms with van der Waals surface area (Å²) in [5, 5.41) is 8.31. The van der Waals surface area contributed by atoms with E-state index >= 15 is 0 Å². The lowest BCUT2D eigenvalue weighted by Crippen LogP contribution is -2.52. The lowest BCUT2D eigenvalue weighted by molar-refractivity contribution is -0.132. The Hall–Kier alpha value is -4.34. The van der Waals surface area contributed by atoms with Crippen LogP contribution in [0.5, 0.6) is 5.75 Å². The monoisotopic (exact) mass is 472 g/mol. The van der Waals surface area contributed by atoms with E-state index in [4.69, 9.17) is 4.74 Å². The Morgan fingerprint density at radius 2 is 1.91 bits per heavy atom. The highest BCUT2D eigenvalue weighted by Gasteiger charge is 2.36. The number of carbonyl (C=O) groups excluding carboxylic acids is 3. The minimum absolute atomic E-state index is 0.0883. The first-order chi connectivity index (χ1) is 17.0. The van der Waals surface area contributed by atoms with Crippen molar-refractivity contribution in [2.24, 2.45) is 13.0 Å². The van der Waals surface area contributed by atoms with Gasteiger partial charge in [-0.3, -0.25) is 14.4 Å². The fourth-order valence-electron chi connectivity index (χ4n) is 4.43. The molecule has 1 amide bonds. The van der Waals surface area contributed by atoms with Crippen molar-refractivity contribution in [3.05, 3.63) is 60.0 Å². The number of carbonyl (C=O) groups is 3. The Balaban J connectivity index is 1.29. The molecule has 0 bridgehead atoms. The fourth-order valence-corrected chi connectivity index (χ4v) is 4.43. The second-order valence-electron chi connectivity index (χ2n) is 8.60. The minimum Gasteiger partial charge on any atom is -0.494 e. The van der Waals surface area contributed by atoms with Crippen molar-refractivity contribution >= 4 is 28.4 Å². The number of benzene rings is 1. The van der Waals surface area contributed by atoms with Gasteiger partial charge in [0.25, 0.3) is 11.7 Å². The van der Waals surface area contributed by atoms with Crippen LogP contribution in [0.15, 0.2) is 48.9 Å². The molecule has 0 saturated carbocycles. The van der Waals surface area contributed by atoms with Gasteiger partial charge in [0, 0.05) is 38.3 Å². The van der Waals surface area contributed by atoms with E-state index in [-0.39, 0.29) is 17.3 Å². The number of aryl methyl sites for hydroxylation is 1. The largest absolute Gasteiger partial charge is 0.494 e. The summed E-state index contributed by atoms with van der Waals surface area (Å²) in [5.74, 6) is -0.514. The van der Waals surface area contributed by atoms with Crippen molar-refractivity contribution in [2.75, 3.05) is 20.2 Å². The van der Waals surface area contributed by atoms with Gasteiger partial charge >= 0.3 is 0 Å². The van der Waals surface area contributed by atoms with Crippen molar-refractivity contribution in [1.82, 2.24) is 29.9 Å². The Bertz CT molecular complexity index is 1420. The van der Waals surface area contributed by atoms with E-state index in [0.717, 1.165) is 0 Å². The quantitative estimate of drug-likeness (QED) is 0.309.